The molecule has 0 fully saturated rings. The number of rotatable bonds is 10. The Balaban J connectivity index is 1.85. The zero-order valence-corrected chi connectivity index (χ0v) is 18.0. The van der Waals surface area contributed by atoms with Crippen LogP contribution in [0, 0.1) is 18.6 Å². The lowest BCUT2D eigenvalue weighted by Crippen LogP contribution is -2.37. The van der Waals surface area contributed by atoms with Gasteiger partial charge in [0.2, 0.25) is 15.9 Å². The monoisotopic (exact) mass is 440 g/mol. The minimum atomic E-state index is -3.72. The van der Waals surface area contributed by atoms with Crippen LogP contribution >= 0.6 is 0 Å². The first kappa shape index (κ1) is 23.6. The third kappa shape index (κ3) is 6.98. The van der Waals surface area contributed by atoms with Gasteiger partial charge in [-0.1, -0.05) is 18.2 Å². The molecule has 0 aliphatic heterocycles. The van der Waals surface area contributed by atoms with Crippen LogP contribution in [0.1, 0.15) is 25.3 Å². The van der Waals surface area contributed by atoms with Crippen molar-refractivity contribution in [3.63, 3.8) is 0 Å². The highest BCUT2D eigenvalue weighted by molar-refractivity contribution is 7.92. The van der Waals surface area contributed by atoms with Crippen molar-refractivity contribution in [1.82, 2.24) is 5.32 Å². The van der Waals surface area contributed by atoms with Crippen molar-refractivity contribution < 1.29 is 26.7 Å². The summed E-state index contributed by atoms with van der Waals surface area (Å²) >= 11 is 0. The molecule has 0 aromatic heterocycles. The van der Waals surface area contributed by atoms with Gasteiger partial charge in [0, 0.05) is 19.0 Å². The van der Waals surface area contributed by atoms with Crippen LogP contribution in [0.5, 0.6) is 5.75 Å². The van der Waals surface area contributed by atoms with Gasteiger partial charge < -0.3 is 10.1 Å². The molecule has 9 heteroatoms. The second kappa shape index (κ2) is 10.4. The number of benzene rings is 2. The van der Waals surface area contributed by atoms with E-state index in [-0.39, 0.29) is 37.0 Å². The van der Waals surface area contributed by atoms with Gasteiger partial charge in [-0.2, -0.15) is 0 Å². The molecule has 1 N–H and O–H groups in total. The number of aryl methyl sites for hydroxylation is 1. The number of anilines is 1. The zero-order valence-electron chi connectivity index (χ0n) is 17.2. The molecule has 0 bridgehead atoms. The lowest BCUT2D eigenvalue weighted by Gasteiger charge is -2.22. The molecule has 0 heterocycles. The summed E-state index contributed by atoms with van der Waals surface area (Å²) in [4.78, 5) is 12.2. The first-order chi connectivity index (χ1) is 14.1. The molecule has 0 aliphatic rings. The van der Waals surface area contributed by atoms with Crippen molar-refractivity contribution in [2.24, 2.45) is 0 Å². The zero-order chi connectivity index (χ0) is 22.3. The molecule has 2 rings (SSSR count). The van der Waals surface area contributed by atoms with E-state index in [0.29, 0.717) is 6.61 Å². The summed E-state index contributed by atoms with van der Waals surface area (Å²) in [5, 5.41) is 2.80. The highest BCUT2D eigenvalue weighted by atomic mass is 32.2. The van der Waals surface area contributed by atoms with Gasteiger partial charge in [-0.05, 0) is 44.0 Å². The number of amides is 1. The molecule has 0 saturated carbocycles. The van der Waals surface area contributed by atoms with E-state index in [2.05, 4.69) is 5.32 Å². The van der Waals surface area contributed by atoms with Crippen molar-refractivity contribution in [3.05, 3.63) is 59.7 Å². The SMILES string of the molecule is Cc1ccccc1OCC(C)NC(=O)CCCN(c1ccc(F)c(F)c1)S(C)(=O)=O. The fraction of sp³-hybridized carbons (Fsp3) is 0.381. The first-order valence-corrected chi connectivity index (χ1v) is 11.3. The van der Waals surface area contributed by atoms with E-state index < -0.39 is 21.7 Å². The molecule has 1 atom stereocenters. The molecular formula is C21H26F2N2O4S. The summed E-state index contributed by atoms with van der Waals surface area (Å²) in [5.41, 5.74) is 1.01. The summed E-state index contributed by atoms with van der Waals surface area (Å²) in [6.45, 7) is 3.99. The molecule has 6 nitrogen and oxygen atoms in total. The Kier molecular flexibility index (Phi) is 8.16. The summed E-state index contributed by atoms with van der Waals surface area (Å²) in [5.74, 6) is -1.71. The standard InChI is InChI=1S/C21H26F2N2O4S/c1-15-7-4-5-8-20(15)29-14-16(2)24-21(26)9-6-12-25(30(3,27)28)17-10-11-18(22)19(23)13-17/h4-5,7-8,10-11,13,16H,6,9,12,14H2,1-3H3,(H,24,26). The molecule has 2 aromatic carbocycles. The maximum absolute atomic E-state index is 13.5. The Labute approximate surface area is 175 Å². The van der Waals surface area contributed by atoms with E-state index in [9.17, 15) is 22.0 Å². The average Bonchev–Trinajstić information content (AvgIpc) is 2.66. The second-order valence-electron chi connectivity index (χ2n) is 7.08. The van der Waals surface area contributed by atoms with Crippen molar-refractivity contribution in [1.29, 1.82) is 0 Å². The van der Waals surface area contributed by atoms with E-state index in [4.69, 9.17) is 4.74 Å². The number of ether oxygens (including phenoxy) is 1. The van der Waals surface area contributed by atoms with E-state index >= 15 is 0 Å². The number of sulfonamides is 1. The highest BCUT2D eigenvalue weighted by Gasteiger charge is 2.19. The third-order valence-electron chi connectivity index (χ3n) is 4.35. The highest BCUT2D eigenvalue weighted by Crippen LogP contribution is 2.21. The number of halogens is 2. The van der Waals surface area contributed by atoms with E-state index in [1.165, 1.54) is 6.07 Å². The van der Waals surface area contributed by atoms with Crippen LogP contribution in [0.25, 0.3) is 0 Å². The van der Waals surface area contributed by atoms with E-state index in [1.54, 1.807) is 6.92 Å². The number of nitrogens with zero attached hydrogens (tertiary/aromatic N) is 1. The van der Waals surface area contributed by atoms with Crippen molar-refractivity contribution in [2.45, 2.75) is 32.7 Å². The van der Waals surface area contributed by atoms with Gasteiger partial charge in [-0.15, -0.1) is 0 Å². The largest absolute Gasteiger partial charge is 0.491 e. The van der Waals surface area contributed by atoms with Crippen LogP contribution in [0.4, 0.5) is 14.5 Å². The number of hydrogen-bond donors (Lipinski definition) is 1. The average molecular weight is 441 g/mol. The second-order valence-corrected chi connectivity index (χ2v) is 8.99. The molecule has 0 aliphatic carbocycles. The summed E-state index contributed by atoms with van der Waals surface area (Å²) < 4.78 is 57.3. The molecule has 1 amide bonds. The lowest BCUT2D eigenvalue weighted by atomic mass is 10.2. The fourth-order valence-corrected chi connectivity index (χ4v) is 3.79. The number of carbonyl (C=O) groups is 1. The molecular weight excluding hydrogens is 414 g/mol. The van der Waals surface area contributed by atoms with Crippen LogP contribution in [-0.4, -0.2) is 39.8 Å². The maximum atomic E-state index is 13.5. The molecule has 1 unspecified atom stereocenters. The predicted octanol–water partition coefficient (Wildman–Crippen LogP) is 3.40. The molecule has 30 heavy (non-hydrogen) atoms. The van der Waals surface area contributed by atoms with Crippen LogP contribution in [0.3, 0.4) is 0 Å². The van der Waals surface area contributed by atoms with E-state index in [1.807, 2.05) is 31.2 Å². The topological polar surface area (TPSA) is 75.7 Å². The lowest BCUT2D eigenvalue weighted by molar-refractivity contribution is -0.121. The molecule has 0 saturated heterocycles. The predicted molar refractivity (Wildman–Crippen MR) is 112 cm³/mol. The van der Waals surface area contributed by atoms with Gasteiger partial charge in [0.1, 0.15) is 12.4 Å². The number of hydrogen-bond acceptors (Lipinski definition) is 4. The third-order valence-corrected chi connectivity index (χ3v) is 5.54. The van der Waals surface area contributed by atoms with Gasteiger partial charge in [-0.3, -0.25) is 9.10 Å². The van der Waals surface area contributed by atoms with Crippen LogP contribution in [0.15, 0.2) is 42.5 Å². The Bertz CT molecular complexity index is 983. The van der Waals surface area contributed by atoms with E-state index in [0.717, 1.165) is 34.0 Å². The van der Waals surface area contributed by atoms with Crippen LogP contribution < -0.4 is 14.4 Å². The van der Waals surface area contributed by atoms with Crippen LogP contribution in [0.2, 0.25) is 0 Å². The normalized spacial score (nSPS) is 12.3. The summed E-state index contributed by atoms with van der Waals surface area (Å²) in [6, 6.07) is 10.2. The van der Waals surface area contributed by atoms with Gasteiger partial charge >= 0.3 is 0 Å². The maximum Gasteiger partial charge on any atom is 0.232 e. The molecule has 0 radical (unpaired) electrons. The Morgan fingerprint density at radius 1 is 1.17 bits per heavy atom. The molecule has 0 spiro atoms. The Hall–Kier alpha value is -2.68. The van der Waals surface area contributed by atoms with Crippen molar-refractivity contribution >= 4 is 21.6 Å². The Morgan fingerprint density at radius 2 is 1.87 bits per heavy atom. The number of carbonyl (C=O) groups excluding carboxylic acids is 1. The van der Waals surface area contributed by atoms with Crippen LogP contribution in [-0.2, 0) is 14.8 Å². The van der Waals surface area contributed by atoms with Gasteiger partial charge in [0.15, 0.2) is 11.6 Å². The van der Waals surface area contributed by atoms with Gasteiger partial charge in [0.25, 0.3) is 0 Å². The number of para-hydroxylation sites is 1. The van der Waals surface area contributed by atoms with Crippen molar-refractivity contribution in [3.8, 4) is 5.75 Å². The van der Waals surface area contributed by atoms with Gasteiger partial charge in [0.05, 0.1) is 18.0 Å². The molecule has 2 aromatic rings. The van der Waals surface area contributed by atoms with Gasteiger partial charge in [-0.25, -0.2) is 17.2 Å². The smallest absolute Gasteiger partial charge is 0.232 e. The van der Waals surface area contributed by atoms with Crippen molar-refractivity contribution in [2.75, 3.05) is 23.7 Å². The number of nitrogens with one attached hydrogen (secondary N) is 1. The minimum Gasteiger partial charge on any atom is -0.491 e. The quantitative estimate of drug-likeness (QED) is 0.614. The minimum absolute atomic E-state index is 0.0109. The summed E-state index contributed by atoms with van der Waals surface area (Å²) in [6.07, 6.45) is 1.26. The molecule has 164 valence electrons. The summed E-state index contributed by atoms with van der Waals surface area (Å²) in [7, 11) is -3.72. The Morgan fingerprint density at radius 3 is 2.50 bits per heavy atom. The first-order valence-electron chi connectivity index (χ1n) is 9.48. The fourth-order valence-electron chi connectivity index (χ4n) is 2.83.